The minimum atomic E-state index is -3.64. The molecule has 166 valence electrons. The van der Waals surface area contributed by atoms with Gasteiger partial charge in [0.1, 0.15) is 0 Å². The van der Waals surface area contributed by atoms with E-state index in [-0.39, 0.29) is 35.0 Å². The fourth-order valence-corrected chi connectivity index (χ4v) is 5.93. The van der Waals surface area contributed by atoms with Gasteiger partial charge in [-0.05, 0) is 49.4 Å². The molecule has 31 heavy (non-hydrogen) atoms. The fourth-order valence-electron chi connectivity index (χ4n) is 3.26. The van der Waals surface area contributed by atoms with E-state index in [1.54, 1.807) is 29.2 Å². The Morgan fingerprint density at radius 2 is 1.71 bits per heavy atom. The van der Waals surface area contributed by atoms with Crippen LogP contribution in [0.1, 0.15) is 13.8 Å². The Kier molecular flexibility index (Phi) is 7.64. The Labute approximate surface area is 191 Å². The van der Waals surface area contributed by atoms with Crippen LogP contribution in [0.4, 0.5) is 5.69 Å². The van der Waals surface area contributed by atoms with E-state index in [4.69, 9.17) is 11.6 Å². The number of piperazine rings is 1. The second kappa shape index (κ2) is 10.0. The summed E-state index contributed by atoms with van der Waals surface area (Å²) < 4.78 is 27.0. The van der Waals surface area contributed by atoms with E-state index in [2.05, 4.69) is 5.32 Å². The molecule has 1 unspecified atom stereocenters. The maximum absolute atomic E-state index is 12.8. The van der Waals surface area contributed by atoms with E-state index in [0.717, 1.165) is 4.90 Å². The molecule has 1 fully saturated rings. The number of hydrogen-bond acceptors (Lipinski definition) is 5. The van der Waals surface area contributed by atoms with Crippen LogP contribution in [0, 0.1) is 0 Å². The Hall–Kier alpha value is -2.07. The fraction of sp³-hybridized carbons (Fsp3) is 0.333. The molecule has 1 atom stereocenters. The zero-order valence-corrected chi connectivity index (χ0v) is 19.6. The SMILES string of the molecule is CC(=O)Nc1ccc(SC(C)C(=O)N2CCN(S(=O)(=O)c3cccc(Cl)c3)CC2)cc1. The van der Waals surface area contributed by atoms with E-state index in [9.17, 15) is 18.0 Å². The first-order valence-corrected chi connectivity index (χ1v) is 12.5. The first-order valence-electron chi connectivity index (χ1n) is 9.75. The number of benzene rings is 2. The number of nitrogens with zero attached hydrogens (tertiary/aromatic N) is 2. The van der Waals surface area contributed by atoms with Crippen molar-refractivity contribution in [2.75, 3.05) is 31.5 Å². The molecule has 0 bridgehead atoms. The van der Waals surface area contributed by atoms with E-state index < -0.39 is 10.0 Å². The van der Waals surface area contributed by atoms with E-state index in [0.29, 0.717) is 23.8 Å². The van der Waals surface area contributed by atoms with Gasteiger partial charge in [-0.15, -0.1) is 11.8 Å². The molecule has 0 spiro atoms. The summed E-state index contributed by atoms with van der Waals surface area (Å²) in [6.45, 7) is 4.44. The average Bonchev–Trinajstić information content (AvgIpc) is 2.74. The predicted molar refractivity (Wildman–Crippen MR) is 123 cm³/mol. The summed E-state index contributed by atoms with van der Waals surface area (Å²) in [6.07, 6.45) is 0. The molecule has 1 aliphatic rings. The van der Waals surface area contributed by atoms with Gasteiger partial charge >= 0.3 is 0 Å². The van der Waals surface area contributed by atoms with Crippen LogP contribution in [0.2, 0.25) is 5.02 Å². The quantitative estimate of drug-likeness (QED) is 0.639. The van der Waals surface area contributed by atoms with Crippen molar-refractivity contribution in [1.29, 1.82) is 0 Å². The molecule has 7 nitrogen and oxygen atoms in total. The van der Waals surface area contributed by atoms with Crippen LogP contribution in [0.5, 0.6) is 0 Å². The van der Waals surface area contributed by atoms with Crippen LogP contribution in [-0.4, -0.2) is 60.9 Å². The normalized spacial score (nSPS) is 16.0. The molecule has 1 aliphatic heterocycles. The van der Waals surface area contributed by atoms with Gasteiger partial charge in [-0.25, -0.2) is 8.42 Å². The third kappa shape index (κ3) is 6.00. The lowest BCUT2D eigenvalue weighted by Crippen LogP contribution is -2.52. The van der Waals surface area contributed by atoms with Crippen molar-refractivity contribution < 1.29 is 18.0 Å². The van der Waals surface area contributed by atoms with Crippen molar-refractivity contribution in [2.45, 2.75) is 28.9 Å². The first-order chi connectivity index (χ1) is 14.7. The molecule has 0 aliphatic carbocycles. The van der Waals surface area contributed by atoms with Crippen molar-refractivity contribution in [3.8, 4) is 0 Å². The molecular weight excluding hydrogens is 458 g/mol. The summed E-state index contributed by atoms with van der Waals surface area (Å²) in [6, 6.07) is 13.5. The Morgan fingerprint density at radius 1 is 1.06 bits per heavy atom. The highest BCUT2D eigenvalue weighted by Crippen LogP contribution is 2.27. The highest BCUT2D eigenvalue weighted by molar-refractivity contribution is 8.00. The topological polar surface area (TPSA) is 86.8 Å². The zero-order valence-electron chi connectivity index (χ0n) is 17.2. The summed E-state index contributed by atoms with van der Waals surface area (Å²) in [5, 5.41) is 2.76. The van der Waals surface area contributed by atoms with Crippen molar-refractivity contribution in [3.05, 3.63) is 53.6 Å². The van der Waals surface area contributed by atoms with Gasteiger partial charge in [0.2, 0.25) is 21.8 Å². The molecule has 2 aromatic rings. The largest absolute Gasteiger partial charge is 0.339 e. The van der Waals surface area contributed by atoms with Gasteiger partial charge in [0.25, 0.3) is 0 Å². The maximum atomic E-state index is 12.8. The predicted octanol–water partition coefficient (Wildman–Crippen LogP) is 3.31. The molecule has 0 saturated carbocycles. The lowest BCUT2D eigenvalue weighted by molar-refractivity contribution is -0.131. The standard InChI is InChI=1S/C21H24ClN3O4S2/c1-15(30-19-8-6-18(7-9-19)23-16(2)26)21(27)24-10-12-25(13-11-24)31(28,29)20-5-3-4-17(22)14-20/h3-9,14-15H,10-13H2,1-2H3,(H,23,26). The Morgan fingerprint density at radius 3 is 2.29 bits per heavy atom. The summed E-state index contributed by atoms with van der Waals surface area (Å²) in [5.74, 6) is -0.170. The monoisotopic (exact) mass is 481 g/mol. The van der Waals surface area contributed by atoms with Crippen molar-refractivity contribution in [3.63, 3.8) is 0 Å². The number of thioether (sulfide) groups is 1. The summed E-state index contributed by atoms with van der Waals surface area (Å²) in [4.78, 5) is 26.7. The summed E-state index contributed by atoms with van der Waals surface area (Å²) >= 11 is 7.36. The number of anilines is 1. The molecule has 1 saturated heterocycles. The minimum Gasteiger partial charge on any atom is -0.339 e. The number of carbonyl (C=O) groups excluding carboxylic acids is 2. The number of nitrogens with one attached hydrogen (secondary N) is 1. The zero-order chi connectivity index (χ0) is 22.6. The van der Waals surface area contributed by atoms with Gasteiger partial charge < -0.3 is 10.2 Å². The summed E-state index contributed by atoms with van der Waals surface area (Å²) in [5.41, 5.74) is 0.702. The molecule has 2 aromatic carbocycles. The van der Waals surface area contributed by atoms with Gasteiger partial charge in [0.15, 0.2) is 0 Å². The molecule has 1 heterocycles. The third-order valence-corrected chi connectivity index (χ3v) is 8.05. The highest BCUT2D eigenvalue weighted by Gasteiger charge is 2.31. The lowest BCUT2D eigenvalue weighted by Gasteiger charge is -2.35. The Balaban J connectivity index is 1.56. The molecule has 0 radical (unpaired) electrons. The molecule has 2 amide bonds. The number of amides is 2. The van der Waals surface area contributed by atoms with E-state index in [1.165, 1.54) is 35.1 Å². The van der Waals surface area contributed by atoms with Gasteiger partial charge in [-0.1, -0.05) is 17.7 Å². The van der Waals surface area contributed by atoms with Crippen LogP contribution >= 0.6 is 23.4 Å². The number of sulfonamides is 1. The van der Waals surface area contributed by atoms with E-state index in [1.807, 2.05) is 19.1 Å². The van der Waals surface area contributed by atoms with Gasteiger partial charge in [-0.3, -0.25) is 9.59 Å². The van der Waals surface area contributed by atoms with Gasteiger partial charge in [0.05, 0.1) is 10.1 Å². The first kappa shape index (κ1) is 23.6. The van der Waals surface area contributed by atoms with Crippen molar-refractivity contribution in [1.82, 2.24) is 9.21 Å². The van der Waals surface area contributed by atoms with Gasteiger partial charge in [-0.2, -0.15) is 4.31 Å². The molecule has 10 heteroatoms. The Bertz CT molecular complexity index is 1050. The second-order valence-corrected chi connectivity index (χ2v) is 10.9. The summed E-state index contributed by atoms with van der Waals surface area (Å²) in [7, 11) is -3.64. The smallest absolute Gasteiger partial charge is 0.243 e. The lowest BCUT2D eigenvalue weighted by atomic mass is 10.3. The average molecular weight is 482 g/mol. The molecule has 1 N–H and O–H groups in total. The molecular formula is C21H24ClN3O4S2. The molecule has 0 aromatic heterocycles. The highest BCUT2D eigenvalue weighted by atomic mass is 35.5. The minimum absolute atomic E-state index is 0.0317. The number of halogens is 1. The number of carbonyl (C=O) groups is 2. The van der Waals surface area contributed by atoms with E-state index >= 15 is 0 Å². The third-order valence-electron chi connectivity index (χ3n) is 4.82. The van der Waals surface area contributed by atoms with Gasteiger partial charge in [0, 0.05) is 48.7 Å². The number of rotatable bonds is 6. The van der Waals surface area contributed by atoms with Crippen LogP contribution in [0.15, 0.2) is 58.3 Å². The van der Waals surface area contributed by atoms with Crippen LogP contribution in [0.25, 0.3) is 0 Å². The molecule has 3 rings (SSSR count). The second-order valence-electron chi connectivity index (χ2n) is 7.15. The maximum Gasteiger partial charge on any atom is 0.243 e. The van der Waals surface area contributed by atoms with Crippen molar-refractivity contribution in [2.24, 2.45) is 0 Å². The van der Waals surface area contributed by atoms with Crippen LogP contribution in [-0.2, 0) is 19.6 Å². The van der Waals surface area contributed by atoms with Crippen molar-refractivity contribution >= 4 is 50.9 Å². The van der Waals surface area contributed by atoms with Crippen LogP contribution in [0.3, 0.4) is 0 Å². The number of hydrogen-bond donors (Lipinski definition) is 1. The van der Waals surface area contributed by atoms with Crippen LogP contribution < -0.4 is 5.32 Å².